The maximum atomic E-state index is 12.5. The van der Waals surface area contributed by atoms with E-state index in [1.54, 1.807) is 13.0 Å². The Balaban J connectivity index is 2.02. The van der Waals surface area contributed by atoms with Gasteiger partial charge in [0.1, 0.15) is 11.6 Å². The Bertz CT molecular complexity index is 956. The van der Waals surface area contributed by atoms with Crippen molar-refractivity contribution >= 4 is 22.5 Å². The van der Waals surface area contributed by atoms with Crippen LogP contribution in [0.15, 0.2) is 24.5 Å². The second-order valence-corrected chi connectivity index (χ2v) is 6.57. The lowest BCUT2D eigenvalue weighted by Gasteiger charge is -2.13. The molecule has 3 rings (SSSR count). The van der Waals surface area contributed by atoms with Gasteiger partial charge in [-0.05, 0) is 44.4 Å². The van der Waals surface area contributed by atoms with Gasteiger partial charge in [0.05, 0.1) is 34.0 Å². The summed E-state index contributed by atoms with van der Waals surface area (Å²) >= 11 is 5.78. The van der Waals surface area contributed by atoms with Crippen molar-refractivity contribution < 1.29 is 17.9 Å². The monoisotopic (exact) mass is 396 g/mol. The van der Waals surface area contributed by atoms with E-state index in [1.807, 2.05) is 13.0 Å². The van der Waals surface area contributed by atoms with Crippen LogP contribution in [0, 0.1) is 13.8 Å². The van der Waals surface area contributed by atoms with Crippen LogP contribution in [0.5, 0.6) is 11.8 Å². The lowest BCUT2D eigenvalue weighted by molar-refractivity contribution is -0.135. The molecule has 0 amide bonds. The summed E-state index contributed by atoms with van der Waals surface area (Å²) in [6.45, 7) is 3.58. The second kappa shape index (κ2) is 7.64. The van der Waals surface area contributed by atoms with Gasteiger partial charge in [-0.15, -0.1) is 0 Å². The average Bonchev–Trinajstić information content (AvgIpc) is 2.54. The first-order valence-corrected chi connectivity index (χ1v) is 8.59. The smallest absolute Gasteiger partial charge is 0.389 e. The lowest BCUT2D eigenvalue weighted by Crippen LogP contribution is -2.08. The van der Waals surface area contributed by atoms with Gasteiger partial charge in [0.15, 0.2) is 0 Å². The summed E-state index contributed by atoms with van der Waals surface area (Å²) in [7, 11) is 0. The van der Waals surface area contributed by atoms with E-state index in [-0.39, 0.29) is 18.9 Å². The molecule has 3 aromatic rings. The number of benzene rings is 1. The highest BCUT2D eigenvalue weighted by Crippen LogP contribution is 2.33. The fourth-order valence-electron chi connectivity index (χ4n) is 2.73. The van der Waals surface area contributed by atoms with Crippen LogP contribution < -0.4 is 4.74 Å². The minimum atomic E-state index is -4.20. The van der Waals surface area contributed by atoms with Crippen molar-refractivity contribution in [2.75, 3.05) is 0 Å². The first kappa shape index (κ1) is 19.3. The molecule has 0 saturated carbocycles. The van der Waals surface area contributed by atoms with Crippen molar-refractivity contribution in [3.8, 4) is 11.8 Å². The largest absolute Gasteiger partial charge is 0.423 e. The number of aromatic nitrogens is 4. The first-order valence-electron chi connectivity index (χ1n) is 8.21. The van der Waals surface area contributed by atoms with E-state index in [9.17, 15) is 13.2 Å². The quantitative estimate of drug-likeness (QED) is 0.580. The average molecular weight is 397 g/mol. The van der Waals surface area contributed by atoms with Crippen LogP contribution in [0.1, 0.15) is 29.9 Å². The standard InChI is InChI=1S/C18H16ClF3N4O/c1-10-6-14-16(15(7-10)27-17-23-8-12(19)9-24-17)13(25-11(2)26-14)4-3-5-18(20,21)22/h6-9H,3-5H2,1-2H3. The Labute approximate surface area is 158 Å². The zero-order valence-corrected chi connectivity index (χ0v) is 15.4. The van der Waals surface area contributed by atoms with Crippen LogP contribution in [0.4, 0.5) is 13.2 Å². The summed E-state index contributed by atoms with van der Waals surface area (Å²) in [6, 6.07) is 3.67. The van der Waals surface area contributed by atoms with Crippen LogP contribution in [-0.2, 0) is 6.42 Å². The third-order valence-corrected chi connectivity index (χ3v) is 3.96. The van der Waals surface area contributed by atoms with Crippen LogP contribution in [0.25, 0.3) is 10.9 Å². The van der Waals surface area contributed by atoms with Gasteiger partial charge in [0, 0.05) is 6.42 Å². The van der Waals surface area contributed by atoms with Gasteiger partial charge in [-0.25, -0.2) is 19.9 Å². The molecule has 0 atom stereocenters. The molecule has 0 radical (unpaired) electrons. The molecule has 0 spiro atoms. The van der Waals surface area contributed by atoms with Gasteiger partial charge in [-0.1, -0.05) is 11.6 Å². The Kier molecular flexibility index (Phi) is 5.46. The molecule has 0 saturated heterocycles. The number of halogens is 4. The predicted molar refractivity (Wildman–Crippen MR) is 95.1 cm³/mol. The predicted octanol–water partition coefficient (Wildman–Crippen LogP) is 5.37. The minimum Gasteiger partial charge on any atom is -0.423 e. The highest BCUT2D eigenvalue weighted by atomic mass is 35.5. The molecule has 0 bridgehead atoms. The molecule has 0 N–H and O–H groups in total. The van der Waals surface area contributed by atoms with E-state index in [0.29, 0.717) is 33.2 Å². The molecular formula is C18H16ClF3N4O. The maximum absolute atomic E-state index is 12.5. The number of fused-ring (bicyclic) bond motifs is 1. The zero-order chi connectivity index (χ0) is 19.6. The maximum Gasteiger partial charge on any atom is 0.389 e. The third kappa shape index (κ3) is 5.03. The van der Waals surface area contributed by atoms with Gasteiger partial charge in [-0.2, -0.15) is 13.2 Å². The normalized spacial score (nSPS) is 11.8. The van der Waals surface area contributed by atoms with E-state index in [0.717, 1.165) is 5.56 Å². The van der Waals surface area contributed by atoms with Gasteiger partial charge < -0.3 is 4.74 Å². The summed E-state index contributed by atoms with van der Waals surface area (Å²) in [5.41, 5.74) is 1.99. The van der Waals surface area contributed by atoms with Crippen molar-refractivity contribution in [1.29, 1.82) is 0 Å². The van der Waals surface area contributed by atoms with E-state index < -0.39 is 12.6 Å². The number of alkyl halides is 3. The van der Waals surface area contributed by atoms with Crippen molar-refractivity contribution in [3.05, 3.63) is 46.6 Å². The number of aryl methyl sites for hydroxylation is 3. The van der Waals surface area contributed by atoms with E-state index in [2.05, 4.69) is 19.9 Å². The number of nitrogens with zero attached hydrogens (tertiary/aromatic N) is 4. The van der Waals surface area contributed by atoms with E-state index in [1.165, 1.54) is 12.4 Å². The number of rotatable bonds is 5. The summed E-state index contributed by atoms with van der Waals surface area (Å²) < 4.78 is 43.3. The van der Waals surface area contributed by atoms with Crippen molar-refractivity contribution in [2.24, 2.45) is 0 Å². The molecule has 2 aromatic heterocycles. The molecule has 0 unspecified atom stereocenters. The Morgan fingerprint density at radius 1 is 1.07 bits per heavy atom. The second-order valence-electron chi connectivity index (χ2n) is 6.13. The SMILES string of the molecule is Cc1cc(Oc2ncc(Cl)cn2)c2c(CCCC(F)(F)F)nc(C)nc2c1. The molecule has 0 aliphatic rings. The van der Waals surface area contributed by atoms with E-state index >= 15 is 0 Å². The number of ether oxygens (including phenoxy) is 1. The number of hydrogen-bond acceptors (Lipinski definition) is 5. The van der Waals surface area contributed by atoms with Gasteiger partial charge in [0.2, 0.25) is 0 Å². The van der Waals surface area contributed by atoms with E-state index in [4.69, 9.17) is 16.3 Å². The summed E-state index contributed by atoms with van der Waals surface area (Å²) in [4.78, 5) is 16.7. The van der Waals surface area contributed by atoms with Gasteiger partial charge >= 0.3 is 12.2 Å². The molecule has 0 aliphatic carbocycles. The molecule has 0 aliphatic heterocycles. The third-order valence-electron chi connectivity index (χ3n) is 3.77. The lowest BCUT2D eigenvalue weighted by atomic mass is 10.1. The number of hydrogen-bond donors (Lipinski definition) is 0. The van der Waals surface area contributed by atoms with Crippen molar-refractivity contribution in [2.45, 2.75) is 39.3 Å². The first-order chi connectivity index (χ1) is 12.7. The van der Waals surface area contributed by atoms with Gasteiger partial charge in [0.25, 0.3) is 0 Å². The minimum absolute atomic E-state index is 0.0696. The molecule has 27 heavy (non-hydrogen) atoms. The highest BCUT2D eigenvalue weighted by Gasteiger charge is 2.26. The molecule has 5 nitrogen and oxygen atoms in total. The van der Waals surface area contributed by atoms with Crippen molar-refractivity contribution in [1.82, 2.24) is 19.9 Å². The van der Waals surface area contributed by atoms with Crippen LogP contribution in [0.3, 0.4) is 0 Å². The molecule has 9 heteroatoms. The summed E-state index contributed by atoms with van der Waals surface area (Å²) in [6.07, 6.45) is -2.20. The summed E-state index contributed by atoms with van der Waals surface area (Å²) in [5, 5.41) is 0.926. The molecule has 1 aromatic carbocycles. The van der Waals surface area contributed by atoms with Crippen molar-refractivity contribution in [3.63, 3.8) is 0 Å². The Morgan fingerprint density at radius 3 is 2.44 bits per heavy atom. The van der Waals surface area contributed by atoms with Crippen LogP contribution in [0.2, 0.25) is 5.02 Å². The summed E-state index contributed by atoms with van der Waals surface area (Å²) in [5.74, 6) is 0.887. The molecule has 142 valence electrons. The highest BCUT2D eigenvalue weighted by molar-refractivity contribution is 6.30. The Morgan fingerprint density at radius 2 is 1.78 bits per heavy atom. The topological polar surface area (TPSA) is 60.8 Å². The van der Waals surface area contributed by atoms with Gasteiger partial charge in [-0.3, -0.25) is 0 Å². The molecular weight excluding hydrogens is 381 g/mol. The fourth-order valence-corrected chi connectivity index (χ4v) is 2.83. The molecule has 0 fully saturated rings. The zero-order valence-electron chi connectivity index (χ0n) is 14.6. The molecule has 2 heterocycles. The Hall–Kier alpha value is -2.48. The van der Waals surface area contributed by atoms with Crippen LogP contribution in [-0.4, -0.2) is 26.1 Å². The fraction of sp³-hybridized carbons (Fsp3) is 0.333. The van der Waals surface area contributed by atoms with Crippen LogP contribution >= 0.6 is 11.6 Å².